The van der Waals surface area contributed by atoms with E-state index in [1.54, 1.807) is 13.2 Å². The number of methoxy groups -OCH3 is 1. The van der Waals surface area contributed by atoms with E-state index < -0.39 is 11.0 Å². The highest BCUT2D eigenvalue weighted by atomic mass is 35.5. The van der Waals surface area contributed by atoms with Crippen molar-refractivity contribution in [2.75, 3.05) is 31.7 Å². The average Bonchev–Trinajstić information content (AvgIpc) is 3.07. The molecule has 2 bridgehead atoms. The Kier molecular flexibility index (Phi) is 8.76. The summed E-state index contributed by atoms with van der Waals surface area (Å²) in [7, 11) is 0.130. The summed E-state index contributed by atoms with van der Waals surface area (Å²) < 4.78 is 28.0. The molecule has 6 nitrogen and oxygen atoms in total. The van der Waals surface area contributed by atoms with Gasteiger partial charge in [-0.2, -0.15) is 0 Å². The first-order valence-electron chi connectivity index (χ1n) is 13.7. The van der Waals surface area contributed by atoms with E-state index in [0.717, 1.165) is 55.2 Å². The van der Waals surface area contributed by atoms with E-state index in [1.807, 2.05) is 24.3 Å². The standard InChI is InChI=1S/C30H37ClN2O4S/c1-3-6-20-15-23(31)10-13-25(20)22-18-33-17-21-9-12-26(21)28(36-2)7-4-5-8-30(34)32-38(35)24-11-14-29(37-19-22)27(33)16-24/h4,7,10-11,13-16,21-22,26,28H,3,5-6,8-9,12,17-19H2,1-2H3,(H,32,34)/b7-4+. The maximum Gasteiger partial charge on any atom is 0.232 e. The minimum atomic E-state index is -1.64. The summed E-state index contributed by atoms with van der Waals surface area (Å²) in [6.45, 7) is 4.39. The molecule has 5 atom stereocenters. The van der Waals surface area contributed by atoms with Crippen molar-refractivity contribution in [3.63, 3.8) is 0 Å². The van der Waals surface area contributed by atoms with Gasteiger partial charge in [0.1, 0.15) is 5.75 Å². The summed E-state index contributed by atoms with van der Waals surface area (Å²) in [6.07, 6.45) is 9.30. The molecule has 1 N–H and O–H groups in total. The van der Waals surface area contributed by atoms with Crippen molar-refractivity contribution in [3.8, 4) is 5.75 Å². The third-order valence-corrected chi connectivity index (χ3v) is 9.46. The second-order valence-corrected chi connectivity index (χ2v) is 12.2. The van der Waals surface area contributed by atoms with Crippen LogP contribution in [0.3, 0.4) is 0 Å². The lowest BCUT2D eigenvalue weighted by molar-refractivity contribution is -0.119. The van der Waals surface area contributed by atoms with Crippen molar-refractivity contribution < 1.29 is 18.5 Å². The van der Waals surface area contributed by atoms with E-state index in [-0.39, 0.29) is 24.3 Å². The molecule has 2 aliphatic heterocycles. The minimum absolute atomic E-state index is 0.0216. The molecule has 5 rings (SSSR count). The lowest BCUT2D eigenvalue weighted by Gasteiger charge is -2.43. The topological polar surface area (TPSA) is 67.9 Å². The van der Waals surface area contributed by atoms with Crippen LogP contribution in [-0.4, -0.2) is 43.0 Å². The Labute approximate surface area is 233 Å². The highest BCUT2D eigenvalue weighted by Gasteiger charge is 2.38. The van der Waals surface area contributed by atoms with Gasteiger partial charge in [0.2, 0.25) is 5.91 Å². The van der Waals surface area contributed by atoms with Crippen LogP contribution in [0.1, 0.15) is 56.1 Å². The van der Waals surface area contributed by atoms with Crippen LogP contribution in [0.25, 0.3) is 0 Å². The first-order chi connectivity index (χ1) is 18.5. The average molecular weight is 557 g/mol. The number of nitrogens with one attached hydrogen (secondary N) is 1. The van der Waals surface area contributed by atoms with Crippen molar-refractivity contribution in [1.29, 1.82) is 0 Å². The third kappa shape index (κ3) is 5.95. The molecule has 0 radical (unpaired) electrons. The van der Waals surface area contributed by atoms with Crippen molar-refractivity contribution in [2.24, 2.45) is 11.8 Å². The number of allylic oxidation sites excluding steroid dienone is 1. The fraction of sp³-hybridized carbons (Fsp3) is 0.500. The minimum Gasteiger partial charge on any atom is -0.491 e. The van der Waals surface area contributed by atoms with Gasteiger partial charge in [-0.1, -0.05) is 43.2 Å². The summed E-state index contributed by atoms with van der Waals surface area (Å²) >= 11 is 6.38. The van der Waals surface area contributed by atoms with Crippen LogP contribution in [0.5, 0.6) is 5.75 Å². The molecule has 2 aromatic carbocycles. The summed E-state index contributed by atoms with van der Waals surface area (Å²) in [5, 5.41) is 0.759. The molecule has 1 saturated carbocycles. The van der Waals surface area contributed by atoms with Crippen LogP contribution in [0.15, 0.2) is 53.4 Å². The van der Waals surface area contributed by atoms with Gasteiger partial charge in [-0.3, -0.25) is 9.52 Å². The van der Waals surface area contributed by atoms with Crippen LogP contribution in [0.2, 0.25) is 5.02 Å². The monoisotopic (exact) mass is 556 g/mol. The summed E-state index contributed by atoms with van der Waals surface area (Å²) in [6, 6.07) is 11.8. The Morgan fingerprint density at radius 1 is 1.18 bits per heavy atom. The Hall–Kier alpha value is -2.35. The summed E-state index contributed by atoms with van der Waals surface area (Å²) in [5.74, 6) is 1.61. The molecule has 2 aromatic rings. The van der Waals surface area contributed by atoms with Crippen molar-refractivity contribution in [3.05, 3.63) is 64.7 Å². The number of carbonyl (C=O) groups is 1. The van der Waals surface area contributed by atoms with Crippen LogP contribution >= 0.6 is 11.6 Å². The molecule has 1 aliphatic carbocycles. The quantitative estimate of drug-likeness (QED) is 0.482. The van der Waals surface area contributed by atoms with Crippen molar-refractivity contribution >= 4 is 34.2 Å². The van der Waals surface area contributed by atoms with Gasteiger partial charge in [0.25, 0.3) is 0 Å². The van der Waals surface area contributed by atoms with Gasteiger partial charge in [-0.25, -0.2) is 4.21 Å². The van der Waals surface area contributed by atoms with E-state index in [2.05, 4.69) is 34.8 Å². The molecule has 1 amide bonds. The van der Waals surface area contributed by atoms with E-state index in [1.165, 1.54) is 11.1 Å². The van der Waals surface area contributed by atoms with Gasteiger partial charge < -0.3 is 14.4 Å². The molecule has 5 unspecified atom stereocenters. The zero-order valence-electron chi connectivity index (χ0n) is 22.2. The van der Waals surface area contributed by atoms with Crippen LogP contribution in [0.4, 0.5) is 5.69 Å². The van der Waals surface area contributed by atoms with Crippen LogP contribution in [0, 0.1) is 11.8 Å². The molecule has 0 saturated heterocycles. The van der Waals surface area contributed by atoms with Gasteiger partial charge in [0.05, 0.1) is 23.3 Å². The van der Waals surface area contributed by atoms with E-state index in [4.69, 9.17) is 21.1 Å². The van der Waals surface area contributed by atoms with Crippen molar-refractivity contribution in [1.82, 2.24) is 4.72 Å². The van der Waals surface area contributed by atoms with Crippen LogP contribution < -0.4 is 14.4 Å². The Morgan fingerprint density at radius 2 is 2.05 bits per heavy atom. The molecule has 204 valence electrons. The summed E-state index contributed by atoms with van der Waals surface area (Å²) in [5.41, 5.74) is 3.48. The number of anilines is 1. The molecule has 38 heavy (non-hydrogen) atoms. The highest BCUT2D eigenvalue weighted by Crippen LogP contribution is 2.43. The van der Waals surface area contributed by atoms with Crippen molar-refractivity contribution in [2.45, 2.75) is 62.4 Å². The molecule has 1 fully saturated rings. The number of carbonyl (C=O) groups excluding carboxylic acids is 1. The second kappa shape index (κ2) is 12.2. The number of amides is 1. The maximum absolute atomic E-state index is 13.1. The number of nitrogens with zero attached hydrogens (tertiary/aromatic N) is 1. The van der Waals surface area contributed by atoms with Gasteiger partial charge in [0, 0.05) is 37.6 Å². The number of benzene rings is 2. The predicted molar refractivity (Wildman–Crippen MR) is 152 cm³/mol. The number of rotatable bonds is 4. The molecule has 8 heteroatoms. The number of aryl methyl sites for hydroxylation is 1. The molecular weight excluding hydrogens is 520 g/mol. The number of fused-ring (bicyclic) bond motifs is 2. The first kappa shape index (κ1) is 27.2. The molecule has 2 heterocycles. The van der Waals surface area contributed by atoms with Crippen LogP contribution in [-0.2, 0) is 26.9 Å². The summed E-state index contributed by atoms with van der Waals surface area (Å²) in [4.78, 5) is 15.4. The molecule has 0 spiro atoms. The smallest absolute Gasteiger partial charge is 0.232 e. The fourth-order valence-corrected chi connectivity index (χ4v) is 7.03. The fourth-order valence-electron chi connectivity index (χ4n) is 6.00. The zero-order chi connectivity index (χ0) is 26.6. The molecule has 0 aromatic heterocycles. The van der Waals surface area contributed by atoms with E-state index in [0.29, 0.717) is 29.8 Å². The molecule has 3 aliphatic rings. The Balaban J connectivity index is 1.53. The highest BCUT2D eigenvalue weighted by molar-refractivity contribution is 7.83. The largest absolute Gasteiger partial charge is 0.491 e. The van der Waals surface area contributed by atoms with Gasteiger partial charge >= 0.3 is 0 Å². The molecular formula is C30H37ClN2O4S. The maximum atomic E-state index is 13.1. The predicted octanol–water partition coefficient (Wildman–Crippen LogP) is 5.81. The Morgan fingerprint density at radius 3 is 2.82 bits per heavy atom. The number of hydrogen-bond donors (Lipinski definition) is 1. The van der Waals surface area contributed by atoms with Gasteiger partial charge in [-0.15, -0.1) is 0 Å². The lowest BCUT2D eigenvalue weighted by atomic mass is 9.70. The number of ether oxygens (including phenoxy) is 2. The lowest BCUT2D eigenvalue weighted by Crippen LogP contribution is -2.44. The van der Waals surface area contributed by atoms with E-state index in [9.17, 15) is 9.00 Å². The number of halogens is 1. The Bertz CT molecular complexity index is 1220. The first-order valence-corrected chi connectivity index (χ1v) is 15.2. The SMILES string of the molecule is CCCc1cc(Cl)ccc1C1COc2ccc3cc2N(C1)CC1CCC1C(OC)/C=C/CCC(=O)NS3=O. The van der Waals surface area contributed by atoms with Gasteiger partial charge in [-0.05, 0) is 79.0 Å². The normalized spacial score (nSPS) is 28.4. The van der Waals surface area contributed by atoms with E-state index >= 15 is 0 Å². The number of hydrogen-bond acceptors (Lipinski definition) is 5. The van der Waals surface area contributed by atoms with Gasteiger partial charge in [0.15, 0.2) is 11.0 Å². The third-order valence-electron chi connectivity index (χ3n) is 8.13. The second-order valence-electron chi connectivity index (χ2n) is 10.6. The zero-order valence-corrected chi connectivity index (χ0v) is 23.7.